The molecule has 2 atom stereocenters. The molecule has 1 amide bonds. The molecule has 1 aromatic heterocycles. The van der Waals surface area contributed by atoms with Gasteiger partial charge in [0, 0.05) is 23.5 Å². The largest absolute Gasteiger partial charge is 0.450 e. The van der Waals surface area contributed by atoms with Gasteiger partial charge in [-0.3, -0.25) is 4.79 Å². The molecule has 1 saturated heterocycles. The number of furan rings is 1. The number of halogens is 1. The summed E-state index contributed by atoms with van der Waals surface area (Å²) in [4.78, 5) is 26.1. The van der Waals surface area contributed by atoms with Gasteiger partial charge in [-0.1, -0.05) is 25.4 Å². The Labute approximate surface area is 145 Å². The Morgan fingerprint density at radius 3 is 2.67 bits per heavy atom. The highest BCUT2D eigenvalue weighted by molar-refractivity contribution is 6.31. The number of likely N-dealkylation sites (tertiary alicyclic amines) is 1. The Kier molecular flexibility index (Phi) is 4.81. The number of rotatable bonds is 3. The highest BCUT2D eigenvalue weighted by atomic mass is 35.5. The first-order valence-corrected chi connectivity index (χ1v) is 8.44. The molecule has 24 heavy (non-hydrogen) atoms. The van der Waals surface area contributed by atoms with E-state index in [4.69, 9.17) is 20.8 Å². The summed E-state index contributed by atoms with van der Waals surface area (Å²) in [7, 11) is 0. The number of hydrogen-bond acceptors (Lipinski definition) is 4. The van der Waals surface area contributed by atoms with Crippen LogP contribution in [0.25, 0.3) is 11.0 Å². The molecule has 2 aromatic rings. The summed E-state index contributed by atoms with van der Waals surface area (Å²) in [6, 6.07) is 6.65. The fourth-order valence-electron chi connectivity index (χ4n) is 3.27. The maximum atomic E-state index is 12.2. The van der Waals surface area contributed by atoms with Crippen molar-refractivity contribution in [3.63, 3.8) is 0 Å². The Morgan fingerprint density at radius 1 is 1.25 bits per heavy atom. The normalized spacial score (nSPS) is 21.0. The molecule has 1 aliphatic rings. The molecule has 6 heteroatoms. The van der Waals surface area contributed by atoms with E-state index in [0.717, 1.165) is 11.8 Å². The maximum absolute atomic E-state index is 12.2. The number of esters is 1. The van der Waals surface area contributed by atoms with Crippen molar-refractivity contribution in [3.05, 3.63) is 35.0 Å². The average molecular weight is 350 g/mol. The van der Waals surface area contributed by atoms with Gasteiger partial charge in [-0.05, 0) is 42.5 Å². The fraction of sp³-hybridized carbons (Fsp3) is 0.444. The monoisotopic (exact) mass is 349 g/mol. The summed E-state index contributed by atoms with van der Waals surface area (Å²) in [5, 5.41) is 1.28. The quantitative estimate of drug-likeness (QED) is 0.792. The third-order valence-electron chi connectivity index (χ3n) is 4.23. The van der Waals surface area contributed by atoms with Crippen molar-refractivity contribution in [1.82, 2.24) is 4.90 Å². The Bertz CT molecular complexity index is 759. The molecule has 0 spiro atoms. The lowest BCUT2D eigenvalue weighted by Crippen LogP contribution is -2.44. The molecular weight excluding hydrogens is 330 g/mol. The lowest BCUT2D eigenvalue weighted by atomic mass is 9.92. The number of amides is 1. The highest BCUT2D eigenvalue weighted by Crippen LogP contribution is 2.24. The molecule has 0 N–H and O–H groups in total. The van der Waals surface area contributed by atoms with E-state index >= 15 is 0 Å². The van der Waals surface area contributed by atoms with Crippen LogP contribution in [0, 0.1) is 11.8 Å². The summed E-state index contributed by atoms with van der Waals surface area (Å²) < 4.78 is 10.6. The van der Waals surface area contributed by atoms with E-state index in [9.17, 15) is 9.59 Å². The van der Waals surface area contributed by atoms with Crippen LogP contribution in [0.1, 0.15) is 30.8 Å². The van der Waals surface area contributed by atoms with Crippen molar-refractivity contribution in [2.24, 2.45) is 11.8 Å². The SMILES string of the molecule is C[C@H]1C[C@H](C)CN(C(=O)COC(=O)c2cc3cc(Cl)ccc3o2)C1. The van der Waals surface area contributed by atoms with E-state index in [1.807, 2.05) is 0 Å². The predicted molar refractivity (Wildman–Crippen MR) is 91.0 cm³/mol. The lowest BCUT2D eigenvalue weighted by Gasteiger charge is -2.34. The van der Waals surface area contributed by atoms with Crippen molar-refractivity contribution in [2.75, 3.05) is 19.7 Å². The summed E-state index contributed by atoms with van der Waals surface area (Å²) in [6.07, 6.45) is 1.12. The van der Waals surface area contributed by atoms with Crippen molar-refractivity contribution in [3.8, 4) is 0 Å². The van der Waals surface area contributed by atoms with E-state index in [2.05, 4.69) is 13.8 Å². The van der Waals surface area contributed by atoms with Gasteiger partial charge in [0.2, 0.25) is 5.76 Å². The first-order chi connectivity index (χ1) is 11.4. The zero-order chi connectivity index (χ0) is 17.3. The third-order valence-corrected chi connectivity index (χ3v) is 4.46. The van der Waals surface area contributed by atoms with Crippen molar-refractivity contribution < 1.29 is 18.7 Å². The van der Waals surface area contributed by atoms with Crippen LogP contribution in [0.4, 0.5) is 0 Å². The molecule has 0 bridgehead atoms. The van der Waals surface area contributed by atoms with Gasteiger partial charge in [-0.15, -0.1) is 0 Å². The number of benzene rings is 1. The molecule has 0 saturated carbocycles. The van der Waals surface area contributed by atoms with Crippen LogP contribution in [0.2, 0.25) is 5.02 Å². The van der Waals surface area contributed by atoms with Crippen LogP contribution in [0.3, 0.4) is 0 Å². The van der Waals surface area contributed by atoms with Gasteiger partial charge in [0.25, 0.3) is 5.91 Å². The van der Waals surface area contributed by atoms with E-state index < -0.39 is 5.97 Å². The number of piperidine rings is 1. The molecule has 1 aromatic carbocycles. The van der Waals surface area contributed by atoms with E-state index in [1.165, 1.54) is 0 Å². The van der Waals surface area contributed by atoms with Gasteiger partial charge in [-0.25, -0.2) is 4.79 Å². The Hall–Kier alpha value is -2.01. The molecule has 2 heterocycles. The highest BCUT2D eigenvalue weighted by Gasteiger charge is 2.26. The molecule has 128 valence electrons. The summed E-state index contributed by atoms with van der Waals surface area (Å²) in [5.74, 6) is 0.192. The summed E-state index contributed by atoms with van der Waals surface area (Å²) in [6.45, 7) is 5.41. The van der Waals surface area contributed by atoms with Crippen LogP contribution >= 0.6 is 11.6 Å². The Morgan fingerprint density at radius 2 is 1.96 bits per heavy atom. The van der Waals surface area contributed by atoms with Crippen LogP contribution < -0.4 is 0 Å². The number of ether oxygens (including phenoxy) is 1. The van der Waals surface area contributed by atoms with Gasteiger partial charge in [0.15, 0.2) is 6.61 Å². The van der Waals surface area contributed by atoms with Crippen molar-refractivity contribution in [2.45, 2.75) is 20.3 Å². The minimum Gasteiger partial charge on any atom is -0.450 e. The molecule has 0 unspecified atom stereocenters. The Balaban J connectivity index is 1.60. The molecule has 5 nitrogen and oxygen atoms in total. The third kappa shape index (κ3) is 3.73. The number of hydrogen-bond donors (Lipinski definition) is 0. The molecule has 0 radical (unpaired) electrons. The summed E-state index contributed by atoms with van der Waals surface area (Å²) in [5.41, 5.74) is 0.552. The number of carbonyl (C=O) groups is 2. The maximum Gasteiger partial charge on any atom is 0.374 e. The van der Waals surface area contributed by atoms with E-state index in [1.54, 1.807) is 29.2 Å². The van der Waals surface area contributed by atoms with Gasteiger partial charge < -0.3 is 14.1 Å². The second-order valence-electron chi connectivity index (χ2n) is 6.61. The van der Waals surface area contributed by atoms with Crippen molar-refractivity contribution >= 4 is 34.4 Å². The fourth-order valence-corrected chi connectivity index (χ4v) is 3.45. The van der Waals surface area contributed by atoms with Gasteiger partial charge >= 0.3 is 5.97 Å². The second kappa shape index (κ2) is 6.85. The molecule has 1 fully saturated rings. The van der Waals surface area contributed by atoms with E-state index in [0.29, 0.717) is 35.5 Å². The van der Waals surface area contributed by atoms with Crippen LogP contribution in [-0.2, 0) is 9.53 Å². The minimum absolute atomic E-state index is 0.0699. The lowest BCUT2D eigenvalue weighted by molar-refractivity contribution is -0.137. The predicted octanol–water partition coefficient (Wildman–Crippen LogP) is 3.75. The summed E-state index contributed by atoms with van der Waals surface area (Å²) >= 11 is 5.91. The van der Waals surface area contributed by atoms with Crippen LogP contribution in [0.15, 0.2) is 28.7 Å². The topological polar surface area (TPSA) is 59.8 Å². The molecule has 3 rings (SSSR count). The molecule has 0 aliphatic carbocycles. The van der Waals surface area contributed by atoms with Gasteiger partial charge in [0.1, 0.15) is 5.58 Å². The number of nitrogens with zero attached hydrogens (tertiary/aromatic N) is 1. The van der Waals surface area contributed by atoms with Crippen molar-refractivity contribution in [1.29, 1.82) is 0 Å². The zero-order valence-corrected chi connectivity index (χ0v) is 14.5. The standard InChI is InChI=1S/C18H20ClNO4/c1-11-5-12(2)9-20(8-11)17(21)10-23-18(22)16-7-13-6-14(19)3-4-15(13)24-16/h3-4,6-7,11-12H,5,8-10H2,1-2H3/t11-,12-/m0/s1. The molecule has 1 aliphatic heterocycles. The average Bonchev–Trinajstić information content (AvgIpc) is 2.94. The zero-order valence-electron chi connectivity index (χ0n) is 13.8. The molecular formula is C18H20ClNO4. The minimum atomic E-state index is -0.645. The number of fused-ring (bicyclic) bond motifs is 1. The van der Waals surface area contributed by atoms with E-state index in [-0.39, 0.29) is 18.3 Å². The van der Waals surface area contributed by atoms with Crippen LogP contribution in [-0.4, -0.2) is 36.5 Å². The second-order valence-corrected chi connectivity index (χ2v) is 7.05. The van der Waals surface area contributed by atoms with Gasteiger partial charge in [-0.2, -0.15) is 0 Å². The first-order valence-electron chi connectivity index (χ1n) is 8.06. The number of carbonyl (C=O) groups excluding carboxylic acids is 2. The smallest absolute Gasteiger partial charge is 0.374 e. The van der Waals surface area contributed by atoms with Crippen LogP contribution in [0.5, 0.6) is 0 Å². The first kappa shape index (κ1) is 16.8. The van der Waals surface area contributed by atoms with Gasteiger partial charge in [0.05, 0.1) is 0 Å².